The first-order valence-corrected chi connectivity index (χ1v) is 8.31. The molecule has 2 rings (SSSR count). The van der Waals surface area contributed by atoms with E-state index in [4.69, 9.17) is 5.73 Å². The molecule has 2 heterocycles. The first kappa shape index (κ1) is 17.2. The van der Waals surface area contributed by atoms with Crippen LogP contribution in [0.1, 0.15) is 33.1 Å². The Hall–Kier alpha value is 0.120. The van der Waals surface area contributed by atoms with Crippen molar-refractivity contribution in [2.75, 3.05) is 26.2 Å². The molecule has 114 valence electrons. The second kappa shape index (κ2) is 6.72. The van der Waals surface area contributed by atoms with Crippen molar-refractivity contribution in [1.29, 1.82) is 0 Å². The Bertz CT molecular complexity index is 390. The second-order valence-corrected chi connectivity index (χ2v) is 7.75. The fourth-order valence-electron chi connectivity index (χ4n) is 3.11. The summed E-state index contributed by atoms with van der Waals surface area (Å²) >= 11 is 0. The van der Waals surface area contributed by atoms with Crippen molar-refractivity contribution in [3.8, 4) is 0 Å². The second-order valence-electron chi connectivity index (χ2n) is 5.87. The van der Waals surface area contributed by atoms with Gasteiger partial charge in [-0.1, -0.05) is 6.92 Å². The lowest BCUT2D eigenvalue weighted by molar-refractivity contribution is 0.255. The van der Waals surface area contributed by atoms with E-state index in [1.54, 1.807) is 8.61 Å². The van der Waals surface area contributed by atoms with Crippen molar-refractivity contribution in [3.63, 3.8) is 0 Å². The third kappa shape index (κ3) is 3.61. The van der Waals surface area contributed by atoms with Crippen LogP contribution in [-0.2, 0) is 10.2 Å². The molecule has 2 aliphatic heterocycles. The van der Waals surface area contributed by atoms with Gasteiger partial charge in [0.2, 0.25) is 0 Å². The van der Waals surface area contributed by atoms with Crippen molar-refractivity contribution in [2.24, 2.45) is 17.6 Å². The van der Waals surface area contributed by atoms with E-state index in [2.05, 4.69) is 6.92 Å². The van der Waals surface area contributed by atoms with E-state index in [9.17, 15) is 8.42 Å². The van der Waals surface area contributed by atoms with E-state index in [0.717, 1.165) is 19.3 Å². The minimum absolute atomic E-state index is 0. The Labute approximate surface area is 123 Å². The predicted molar refractivity (Wildman–Crippen MR) is 79.5 cm³/mol. The lowest BCUT2D eigenvalue weighted by Gasteiger charge is -2.34. The zero-order chi connectivity index (χ0) is 13.3. The van der Waals surface area contributed by atoms with E-state index < -0.39 is 10.2 Å². The predicted octanol–water partition coefficient (Wildman–Crippen LogP) is 1.05. The molecule has 7 heteroatoms. The van der Waals surface area contributed by atoms with Crippen LogP contribution in [0.3, 0.4) is 0 Å². The van der Waals surface area contributed by atoms with Gasteiger partial charge in [-0.05, 0) is 44.6 Å². The number of rotatable bonds is 3. The number of halogens is 1. The molecule has 2 N–H and O–H groups in total. The minimum Gasteiger partial charge on any atom is -0.330 e. The van der Waals surface area contributed by atoms with E-state index in [-0.39, 0.29) is 18.4 Å². The minimum atomic E-state index is -3.28. The van der Waals surface area contributed by atoms with Gasteiger partial charge in [0.05, 0.1) is 0 Å². The maximum Gasteiger partial charge on any atom is 0.282 e. The molecule has 0 aliphatic carbocycles. The monoisotopic (exact) mass is 311 g/mol. The summed E-state index contributed by atoms with van der Waals surface area (Å²) < 4.78 is 28.6. The summed E-state index contributed by atoms with van der Waals surface area (Å²) in [5.74, 6) is 0.786. The van der Waals surface area contributed by atoms with Crippen LogP contribution in [0.15, 0.2) is 0 Å². The van der Waals surface area contributed by atoms with Crippen LogP contribution in [0, 0.1) is 11.8 Å². The van der Waals surface area contributed by atoms with Gasteiger partial charge in [0.1, 0.15) is 0 Å². The zero-order valence-electron chi connectivity index (χ0n) is 11.8. The Balaban J connectivity index is 0.00000180. The van der Waals surface area contributed by atoms with Gasteiger partial charge in [0.25, 0.3) is 10.2 Å². The van der Waals surface area contributed by atoms with E-state index in [1.807, 2.05) is 6.92 Å². The largest absolute Gasteiger partial charge is 0.330 e. The quantitative estimate of drug-likeness (QED) is 0.847. The van der Waals surface area contributed by atoms with Crippen LogP contribution in [0.4, 0.5) is 0 Å². The number of nitrogens with zero attached hydrogens (tertiary/aromatic N) is 2. The summed E-state index contributed by atoms with van der Waals surface area (Å²) in [6.45, 7) is 6.61. The third-order valence-electron chi connectivity index (χ3n) is 4.18. The summed E-state index contributed by atoms with van der Waals surface area (Å²) in [6.07, 6.45) is 3.00. The molecule has 0 spiro atoms. The molecule has 19 heavy (non-hydrogen) atoms. The highest BCUT2D eigenvalue weighted by Gasteiger charge is 2.40. The lowest BCUT2D eigenvalue weighted by atomic mass is 10.0. The van der Waals surface area contributed by atoms with Gasteiger partial charge in [-0.25, -0.2) is 0 Å². The molecule has 2 fully saturated rings. The van der Waals surface area contributed by atoms with Crippen molar-refractivity contribution in [2.45, 2.75) is 39.2 Å². The molecule has 0 aromatic carbocycles. The third-order valence-corrected chi connectivity index (χ3v) is 6.27. The molecule has 5 nitrogen and oxygen atoms in total. The van der Waals surface area contributed by atoms with Gasteiger partial charge in [0.15, 0.2) is 0 Å². The highest BCUT2D eigenvalue weighted by Crippen LogP contribution is 2.29. The van der Waals surface area contributed by atoms with Gasteiger partial charge >= 0.3 is 0 Å². The number of piperidine rings is 1. The molecule has 2 aliphatic rings. The fraction of sp³-hybridized carbons (Fsp3) is 1.00. The van der Waals surface area contributed by atoms with Gasteiger partial charge in [-0.3, -0.25) is 0 Å². The first-order chi connectivity index (χ1) is 8.45. The van der Waals surface area contributed by atoms with Crippen molar-refractivity contribution in [3.05, 3.63) is 0 Å². The summed E-state index contributed by atoms with van der Waals surface area (Å²) in [4.78, 5) is 0. The fourth-order valence-corrected chi connectivity index (χ4v) is 5.14. The standard InChI is InChI=1S/C12H25N3O2S.ClH/c1-10-4-3-5-14(8-10)18(16,17)15-9-12(7-13)6-11(15)2;/h10-12H,3-9,13H2,1-2H3;1H. The summed E-state index contributed by atoms with van der Waals surface area (Å²) in [7, 11) is -3.28. The van der Waals surface area contributed by atoms with Gasteiger partial charge < -0.3 is 5.73 Å². The first-order valence-electron chi connectivity index (χ1n) is 6.92. The van der Waals surface area contributed by atoms with Crippen molar-refractivity contribution < 1.29 is 8.42 Å². The SMILES string of the molecule is CC1CCCN(S(=O)(=O)N2CC(CN)CC2C)C1.Cl. The number of hydrogen-bond donors (Lipinski definition) is 1. The van der Waals surface area contributed by atoms with Crippen molar-refractivity contribution >= 4 is 22.6 Å². The Morgan fingerprint density at radius 1 is 1.26 bits per heavy atom. The lowest BCUT2D eigenvalue weighted by Crippen LogP contribution is -2.48. The molecule has 0 aromatic rings. The highest BCUT2D eigenvalue weighted by molar-refractivity contribution is 7.86. The molecule has 0 bridgehead atoms. The maximum absolute atomic E-state index is 12.6. The van der Waals surface area contributed by atoms with Gasteiger partial charge in [-0.2, -0.15) is 17.0 Å². The normalized spacial score (nSPS) is 34.2. The summed E-state index contributed by atoms with van der Waals surface area (Å²) in [5.41, 5.74) is 5.67. The van der Waals surface area contributed by atoms with Crippen LogP contribution in [-0.4, -0.2) is 49.2 Å². The smallest absolute Gasteiger partial charge is 0.282 e. The Kier molecular flexibility index (Phi) is 6.07. The summed E-state index contributed by atoms with van der Waals surface area (Å²) in [5, 5.41) is 0. The topological polar surface area (TPSA) is 66.6 Å². The average Bonchev–Trinajstić information content (AvgIpc) is 2.71. The maximum atomic E-state index is 12.6. The summed E-state index contributed by atoms with van der Waals surface area (Å²) in [6, 6.07) is 0.0841. The molecule has 2 saturated heterocycles. The number of nitrogens with two attached hydrogens (primary N) is 1. The molecule has 3 unspecified atom stereocenters. The van der Waals surface area contributed by atoms with Gasteiger partial charge in [0, 0.05) is 25.7 Å². The van der Waals surface area contributed by atoms with Crippen LogP contribution in [0.5, 0.6) is 0 Å². The molecular weight excluding hydrogens is 286 g/mol. The van der Waals surface area contributed by atoms with Crippen LogP contribution < -0.4 is 5.73 Å². The van der Waals surface area contributed by atoms with E-state index in [0.29, 0.717) is 38.0 Å². The van der Waals surface area contributed by atoms with Crippen LogP contribution in [0.2, 0.25) is 0 Å². The molecule has 0 radical (unpaired) electrons. The molecule has 0 saturated carbocycles. The molecule has 0 amide bonds. The average molecular weight is 312 g/mol. The Morgan fingerprint density at radius 2 is 1.95 bits per heavy atom. The number of hydrogen-bond acceptors (Lipinski definition) is 3. The van der Waals surface area contributed by atoms with Gasteiger partial charge in [-0.15, -0.1) is 12.4 Å². The molecule has 3 atom stereocenters. The molecular formula is C12H26ClN3O2S. The van der Waals surface area contributed by atoms with Crippen molar-refractivity contribution in [1.82, 2.24) is 8.61 Å². The zero-order valence-corrected chi connectivity index (χ0v) is 13.4. The van der Waals surface area contributed by atoms with E-state index in [1.165, 1.54) is 0 Å². The molecule has 0 aromatic heterocycles. The Morgan fingerprint density at radius 3 is 2.47 bits per heavy atom. The van der Waals surface area contributed by atoms with E-state index >= 15 is 0 Å². The van der Waals surface area contributed by atoms with Crippen LogP contribution >= 0.6 is 12.4 Å². The highest BCUT2D eigenvalue weighted by atomic mass is 35.5. The van der Waals surface area contributed by atoms with Crippen LogP contribution in [0.25, 0.3) is 0 Å².